The Kier molecular flexibility index (Phi) is 5.13. The summed E-state index contributed by atoms with van der Waals surface area (Å²) in [7, 11) is -0.425. The largest absolute Gasteiger partial charge is 0.744 e. The topological polar surface area (TPSA) is 63.5 Å². The Labute approximate surface area is 207 Å². The summed E-state index contributed by atoms with van der Waals surface area (Å²) in [5.41, 5.74) is 5.92. The van der Waals surface area contributed by atoms with Gasteiger partial charge in [0.1, 0.15) is 17.2 Å². The maximum absolute atomic E-state index is 11.6. The van der Waals surface area contributed by atoms with Crippen molar-refractivity contribution in [1.82, 2.24) is 0 Å². The van der Waals surface area contributed by atoms with Crippen LogP contribution in [-0.4, -0.2) is 37.4 Å². The molecule has 0 saturated heterocycles. The number of allylic oxidation sites excluding steroid dienone is 4. The van der Waals surface area contributed by atoms with Crippen molar-refractivity contribution in [1.29, 1.82) is 0 Å². The van der Waals surface area contributed by atoms with Gasteiger partial charge in [-0.3, -0.25) is 0 Å². The van der Waals surface area contributed by atoms with Crippen LogP contribution in [0.25, 0.3) is 10.8 Å². The van der Waals surface area contributed by atoms with Crippen LogP contribution in [0.1, 0.15) is 38.8 Å². The molecule has 0 aromatic heterocycles. The van der Waals surface area contributed by atoms with Gasteiger partial charge in [-0.15, -0.1) is 0 Å². The van der Waals surface area contributed by atoms with Gasteiger partial charge in [0.05, 0.1) is 10.3 Å². The first-order valence-corrected chi connectivity index (χ1v) is 13.1. The van der Waals surface area contributed by atoms with Crippen molar-refractivity contribution in [3.8, 4) is 0 Å². The van der Waals surface area contributed by atoms with Gasteiger partial charge in [-0.2, -0.15) is 4.58 Å². The fourth-order valence-electron chi connectivity index (χ4n) is 5.89. The summed E-state index contributed by atoms with van der Waals surface area (Å²) in [5, 5.41) is 2.52. The third kappa shape index (κ3) is 3.46. The van der Waals surface area contributed by atoms with Crippen LogP contribution in [0.15, 0.2) is 83.4 Å². The molecule has 0 amide bonds. The van der Waals surface area contributed by atoms with Gasteiger partial charge in [-0.1, -0.05) is 44.2 Å². The van der Waals surface area contributed by atoms with Gasteiger partial charge in [-0.05, 0) is 60.5 Å². The third-order valence-electron chi connectivity index (χ3n) is 7.70. The number of nitrogens with zero attached hydrogens (tertiary/aromatic N) is 2. The maximum atomic E-state index is 11.6. The molecule has 0 saturated carbocycles. The Morgan fingerprint density at radius 3 is 2.40 bits per heavy atom. The minimum absolute atomic E-state index is 0.169. The molecule has 6 heteroatoms. The number of fused-ring (bicyclic) bond motifs is 4. The molecule has 0 aliphatic carbocycles. The van der Waals surface area contributed by atoms with Crippen molar-refractivity contribution in [3.05, 3.63) is 89.6 Å². The van der Waals surface area contributed by atoms with Gasteiger partial charge in [0.25, 0.3) is 0 Å². The number of hydrogen-bond acceptors (Lipinski definition) is 4. The average Bonchev–Trinajstić information content (AvgIpc) is 3.12. The van der Waals surface area contributed by atoms with Gasteiger partial charge in [0, 0.05) is 41.6 Å². The summed E-state index contributed by atoms with van der Waals surface area (Å²) >= 11 is 0. The molecule has 3 aromatic carbocycles. The molecule has 2 aliphatic rings. The first-order chi connectivity index (χ1) is 16.3. The van der Waals surface area contributed by atoms with Crippen molar-refractivity contribution in [3.63, 3.8) is 0 Å². The van der Waals surface area contributed by atoms with Crippen molar-refractivity contribution in [2.24, 2.45) is 0 Å². The lowest BCUT2D eigenvalue weighted by Gasteiger charge is -2.24. The number of rotatable bonds is 3. The molecule has 0 atom stereocenters. The molecule has 3 aromatic rings. The molecular weight excluding hydrogens is 456 g/mol. The van der Waals surface area contributed by atoms with E-state index in [-0.39, 0.29) is 10.3 Å². The smallest absolute Gasteiger partial charge is 0.210 e. The van der Waals surface area contributed by atoms with E-state index in [0.717, 1.165) is 16.9 Å². The monoisotopic (exact) mass is 486 g/mol. The van der Waals surface area contributed by atoms with Crippen LogP contribution in [0.4, 0.5) is 11.4 Å². The van der Waals surface area contributed by atoms with Crippen LogP contribution in [0, 0.1) is 0 Å². The molecule has 0 bridgehead atoms. The van der Waals surface area contributed by atoms with Crippen LogP contribution >= 0.6 is 0 Å². The van der Waals surface area contributed by atoms with E-state index in [4.69, 9.17) is 0 Å². The van der Waals surface area contributed by atoms with Crippen LogP contribution in [0.3, 0.4) is 0 Å². The lowest BCUT2D eigenvalue weighted by molar-refractivity contribution is -0.401. The van der Waals surface area contributed by atoms with Gasteiger partial charge < -0.3 is 9.45 Å². The first kappa shape index (κ1) is 23.5. The first-order valence-electron chi connectivity index (χ1n) is 11.7. The van der Waals surface area contributed by atoms with Crippen LogP contribution < -0.4 is 4.90 Å². The van der Waals surface area contributed by atoms with E-state index in [1.165, 1.54) is 39.9 Å². The number of hydrogen-bond donors (Lipinski definition) is 0. The lowest BCUT2D eigenvalue weighted by Crippen LogP contribution is -2.27. The molecule has 2 aliphatic heterocycles. The summed E-state index contributed by atoms with van der Waals surface area (Å²) in [6.07, 6.45) is 6.33. The van der Waals surface area contributed by atoms with Crippen molar-refractivity contribution < 1.29 is 17.5 Å². The van der Waals surface area contributed by atoms with Crippen molar-refractivity contribution >= 4 is 38.0 Å². The number of anilines is 1. The third-order valence-corrected chi connectivity index (χ3v) is 8.53. The van der Waals surface area contributed by atoms with Crippen molar-refractivity contribution in [2.45, 2.75) is 43.4 Å². The zero-order chi connectivity index (χ0) is 25.3. The predicted octanol–water partition coefficient (Wildman–Crippen LogP) is 5.62. The van der Waals surface area contributed by atoms with E-state index >= 15 is 0 Å². The highest BCUT2D eigenvalue weighted by Gasteiger charge is 2.44. The second-order valence-corrected chi connectivity index (χ2v) is 11.9. The normalized spacial score (nSPS) is 19.7. The lowest BCUT2D eigenvalue weighted by atomic mass is 9.79. The van der Waals surface area contributed by atoms with E-state index in [0.29, 0.717) is 0 Å². The Bertz CT molecular complexity index is 1590. The Hall–Kier alpha value is -3.22. The van der Waals surface area contributed by atoms with Gasteiger partial charge in [0.2, 0.25) is 5.69 Å². The average molecular weight is 487 g/mol. The highest BCUT2D eigenvalue weighted by molar-refractivity contribution is 7.85. The fourth-order valence-corrected chi connectivity index (χ4v) is 6.39. The SMILES string of the molecule is CN1/C(=C\C=C\C2=[N+](C)c3ccc4ccccc4c3C2(C)C)C(C)(C)c2cc(S(=O)(=O)[O-])ccc21. The van der Waals surface area contributed by atoms with E-state index < -0.39 is 15.5 Å². The standard InChI is InChI=1S/C29H30N2O3S/c1-28(2)22-18-20(35(32,33)34)15-17-23(22)30(5)25(28)12-9-13-26-29(3,4)27-21-11-8-7-10-19(21)14-16-24(27)31(26)6/h7-18H,1-6H3. The van der Waals surface area contributed by atoms with E-state index in [2.05, 4.69) is 98.8 Å². The molecule has 0 spiro atoms. The summed E-state index contributed by atoms with van der Waals surface area (Å²) in [6, 6.07) is 17.5. The van der Waals surface area contributed by atoms with E-state index in [9.17, 15) is 13.0 Å². The molecule has 0 unspecified atom stereocenters. The quantitative estimate of drug-likeness (QED) is 0.356. The van der Waals surface area contributed by atoms with Gasteiger partial charge in [-0.25, -0.2) is 8.42 Å². The molecule has 0 N–H and O–H groups in total. The summed E-state index contributed by atoms with van der Waals surface area (Å²) < 4.78 is 37.0. The molecular formula is C29H30N2O3S. The van der Waals surface area contributed by atoms with Crippen LogP contribution in [0.5, 0.6) is 0 Å². The Balaban J connectivity index is 1.54. The van der Waals surface area contributed by atoms with Crippen LogP contribution in [-0.2, 0) is 20.9 Å². The Morgan fingerprint density at radius 2 is 1.69 bits per heavy atom. The van der Waals surface area contributed by atoms with Gasteiger partial charge in [0.15, 0.2) is 5.71 Å². The summed E-state index contributed by atoms with van der Waals surface area (Å²) in [5.74, 6) is 0. The second-order valence-electron chi connectivity index (χ2n) is 10.5. The van der Waals surface area contributed by atoms with Gasteiger partial charge >= 0.3 is 0 Å². The van der Waals surface area contributed by atoms with Crippen LogP contribution in [0.2, 0.25) is 0 Å². The minimum Gasteiger partial charge on any atom is -0.744 e. The van der Waals surface area contributed by atoms with E-state index in [1.807, 2.05) is 7.05 Å². The zero-order valence-electron chi connectivity index (χ0n) is 21.0. The molecule has 0 fully saturated rings. The molecule has 5 nitrogen and oxygen atoms in total. The highest BCUT2D eigenvalue weighted by Crippen LogP contribution is 2.48. The number of benzene rings is 3. The zero-order valence-corrected chi connectivity index (χ0v) is 21.8. The Morgan fingerprint density at radius 1 is 0.971 bits per heavy atom. The summed E-state index contributed by atoms with van der Waals surface area (Å²) in [4.78, 5) is 1.88. The fraction of sp³-hybridized carbons (Fsp3) is 0.276. The molecule has 0 radical (unpaired) electrons. The van der Waals surface area contributed by atoms with Crippen molar-refractivity contribution in [2.75, 3.05) is 19.0 Å². The second kappa shape index (κ2) is 7.64. The number of likely N-dealkylation sites (N-methyl/N-ethyl adjacent to an activating group) is 1. The minimum atomic E-state index is -4.51. The molecule has 2 heterocycles. The van der Waals surface area contributed by atoms with E-state index in [1.54, 1.807) is 6.07 Å². The highest BCUT2D eigenvalue weighted by atomic mass is 32.2. The molecule has 5 rings (SSSR count). The predicted molar refractivity (Wildman–Crippen MR) is 141 cm³/mol. The molecule has 180 valence electrons. The molecule has 35 heavy (non-hydrogen) atoms. The summed E-state index contributed by atoms with van der Waals surface area (Å²) in [6.45, 7) is 8.63. The maximum Gasteiger partial charge on any atom is 0.210 e.